The lowest BCUT2D eigenvalue weighted by molar-refractivity contribution is -0.384. The predicted molar refractivity (Wildman–Crippen MR) is 46.0 cm³/mol. The molecule has 1 aromatic carbocycles. The smallest absolute Gasteiger partial charge is 0.295 e. The molecule has 0 spiro atoms. The van der Waals surface area contributed by atoms with Crippen LogP contribution in [-0.2, 0) is 0 Å². The van der Waals surface area contributed by atoms with Gasteiger partial charge in [-0.05, 0) is 6.07 Å². The van der Waals surface area contributed by atoms with Crippen molar-refractivity contribution in [2.24, 2.45) is 5.73 Å². The summed E-state index contributed by atoms with van der Waals surface area (Å²) >= 11 is 0. The van der Waals surface area contributed by atoms with E-state index in [0.29, 0.717) is 6.07 Å². The van der Waals surface area contributed by atoms with Gasteiger partial charge in [-0.3, -0.25) is 14.9 Å². The Hall–Kier alpha value is -2.18. The molecule has 0 heterocycles. The molecule has 6 nitrogen and oxygen atoms in total. The second-order valence-electron chi connectivity index (χ2n) is 2.51. The van der Waals surface area contributed by atoms with E-state index in [1.54, 1.807) is 0 Å². The van der Waals surface area contributed by atoms with Crippen molar-refractivity contribution >= 4 is 17.3 Å². The Morgan fingerprint density at radius 1 is 1.50 bits per heavy atom. The van der Waals surface area contributed by atoms with Gasteiger partial charge in [0.1, 0.15) is 11.5 Å². The fourth-order valence-electron chi connectivity index (χ4n) is 0.959. The monoisotopic (exact) mass is 199 g/mol. The van der Waals surface area contributed by atoms with E-state index in [1.165, 1.54) is 0 Å². The molecule has 1 rings (SSSR count). The van der Waals surface area contributed by atoms with Crippen molar-refractivity contribution in [2.45, 2.75) is 0 Å². The fourth-order valence-corrected chi connectivity index (χ4v) is 0.959. The van der Waals surface area contributed by atoms with E-state index < -0.39 is 33.6 Å². The zero-order valence-corrected chi connectivity index (χ0v) is 6.86. The number of hydrogen-bond acceptors (Lipinski definition) is 4. The first-order valence-corrected chi connectivity index (χ1v) is 3.46. The summed E-state index contributed by atoms with van der Waals surface area (Å²) in [7, 11) is 0. The third-order valence-electron chi connectivity index (χ3n) is 1.59. The maximum atomic E-state index is 12.8. The van der Waals surface area contributed by atoms with Crippen molar-refractivity contribution < 1.29 is 14.1 Å². The molecule has 0 atom stereocenters. The van der Waals surface area contributed by atoms with Gasteiger partial charge in [-0.15, -0.1) is 0 Å². The lowest BCUT2D eigenvalue weighted by atomic mass is 10.1. The van der Waals surface area contributed by atoms with Crippen LogP contribution in [0.15, 0.2) is 12.1 Å². The highest BCUT2D eigenvalue weighted by molar-refractivity contribution is 5.99. The third kappa shape index (κ3) is 1.60. The summed E-state index contributed by atoms with van der Waals surface area (Å²) in [5.41, 5.74) is 8.60. The highest BCUT2D eigenvalue weighted by Gasteiger charge is 2.19. The average Bonchev–Trinajstić information content (AvgIpc) is 2.07. The second kappa shape index (κ2) is 3.29. The van der Waals surface area contributed by atoms with Gasteiger partial charge < -0.3 is 11.5 Å². The number of halogens is 1. The molecule has 1 amide bonds. The highest BCUT2D eigenvalue weighted by atomic mass is 19.1. The van der Waals surface area contributed by atoms with Crippen LogP contribution in [0.3, 0.4) is 0 Å². The molecule has 1 aromatic rings. The summed E-state index contributed by atoms with van der Waals surface area (Å²) in [5, 5.41) is 10.4. The van der Waals surface area contributed by atoms with Crippen molar-refractivity contribution in [1.29, 1.82) is 0 Å². The molecule has 0 unspecified atom stereocenters. The van der Waals surface area contributed by atoms with E-state index in [9.17, 15) is 19.3 Å². The van der Waals surface area contributed by atoms with Gasteiger partial charge in [-0.2, -0.15) is 0 Å². The molecule has 0 fully saturated rings. The fraction of sp³-hybridized carbons (Fsp3) is 0. The summed E-state index contributed by atoms with van der Waals surface area (Å²) < 4.78 is 12.8. The Morgan fingerprint density at radius 3 is 2.50 bits per heavy atom. The van der Waals surface area contributed by atoms with Crippen molar-refractivity contribution in [2.75, 3.05) is 5.73 Å². The van der Waals surface area contributed by atoms with Crippen LogP contribution in [-0.4, -0.2) is 10.8 Å². The van der Waals surface area contributed by atoms with E-state index >= 15 is 0 Å². The predicted octanol–water partition coefficient (Wildman–Crippen LogP) is 0.415. The standard InChI is InChI=1S/C7H6FN3O3/c8-3-1-4(7(10)12)6(9)5(2-3)11(13)14/h1-2H,9H2,(H2,10,12). The number of rotatable bonds is 2. The number of amides is 1. The summed E-state index contributed by atoms with van der Waals surface area (Å²) in [5.74, 6) is -1.94. The lowest BCUT2D eigenvalue weighted by Gasteiger charge is -2.02. The van der Waals surface area contributed by atoms with E-state index in [0.717, 1.165) is 6.07 Å². The lowest BCUT2D eigenvalue weighted by Crippen LogP contribution is -2.15. The number of benzene rings is 1. The van der Waals surface area contributed by atoms with Gasteiger partial charge in [-0.1, -0.05) is 0 Å². The molecule has 0 radical (unpaired) electrons. The molecule has 0 aliphatic carbocycles. The van der Waals surface area contributed by atoms with Gasteiger partial charge >= 0.3 is 0 Å². The molecule has 4 N–H and O–H groups in total. The Morgan fingerprint density at radius 2 is 2.07 bits per heavy atom. The summed E-state index contributed by atoms with van der Waals surface area (Å²) in [6.07, 6.45) is 0. The maximum Gasteiger partial charge on any atom is 0.295 e. The minimum absolute atomic E-state index is 0.392. The van der Waals surface area contributed by atoms with Crippen LogP contribution in [0.2, 0.25) is 0 Å². The van der Waals surface area contributed by atoms with Crippen LogP contribution in [0.1, 0.15) is 10.4 Å². The Bertz CT molecular complexity index is 384. The minimum Gasteiger partial charge on any atom is -0.393 e. The number of nitrogens with two attached hydrogens (primary N) is 2. The van der Waals surface area contributed by atoms with E-state index in [2.05, 4.69) is 0 Å². The summed E-state index contributed by atoms with van der Waals surface area (Å²) in [4.78, 5) is 20.2. The van der Waals surface area contributed by atoms with Gasteiger partial charge in [0.15, 0.2) is 0 Å². The molecule has 7 heteroatoms. The number of hydrogen-bond donors (Lipinski definition) is 2. The first-order chi connectivity index (χ1) is 6.43. The normalized spacial score (nSPS) is 9.79. The van der Waals surface area contributed by atoms with Crippen molar-refractivity contribution in [3.8, 4) is 0 Å². The largest absolute Gasteiger partial charge is 0.393 e. The quantitative estimate of drug-likeness (QED) is 0.408. The van der Waals surface area contributed by atoms with Gasteiger partial charge in [0.05, 0.1) is 16.6 Å². The number of carbonyl (C=O) groups is 1. The van der Waals surface area contributed by atoms with Gasteiger partial charge in [-0.25, -0.2) is 4.39 Å². The van der Waals surface area contributed by atoms with Crippen molar-refractivity contribution in [3.63, 3.8) is 0 Å². The van der Waals surface area contributed by atoms with Gasteiger partial charge in [0.2, 0.25) is 0 Å². The number of primary amides is 1. The van der Waals surface area contributed by atoms with Crippen LogP contribution < -0.4 is 11.5 Å². The summed E-state index contributed by atoms with van der Waals surface area (Å²) in [6.45, 7) is 0. The van der Waals surface area contributed by atoms with E-state index in [1.807, 2.05) is 0 Å². The SMILES string of the molecule is NC(=O)c1cc(F)cc([N+](=O)[O-])c1N. The molecule has 14 heavy (non-hydrogen) atoms. The van der Waals surface area contributed by atoms with Crippen LogP contribution in [0.4, 0.5) is 15.8 Å². The van der Waals surface area contributed by atoms with Crippen LogP contribution in [0, 0.1) is 15.9 Å². The van der Waals surface area contributed by atoms with E-state index in [4.69, 9.17) is 11.5 Å². The van der Waals surface area contributed by atoms with Crippen LogP contribution in [0.25, 0.3) is 0 Å². The molecule has 0 bridgehead atoms. The molecule has 0 saturated heterocycles. The first kappa shape index (κ1) is 9.90. The van der Waals surface area contributed by atoms with Crippen LogP contribution in [0.5, 0.6) is 0 Å². The highest BCUT2D eigenvalue weighted by Crippen LogP contribution is 2.26. The average molecular weight is 199 g/mol. The van der Waals surface area contributed by atoms with Gasteiger partial charge in [0, 0.05) is 0 Å². The molecule has 0 aliphatic heterocycles. The first-order valence-electron chi connectivity index (χ1n) is 3.46. The van der Waals surface area contributed by atoms with Gasteiger partial charge in [0.25, 0.3) is 11.6 Å². The van der Waals surface area contributed by atoms with E-state index in [-0.39, 0.29) is 0 Å². The maximum absolute atomic E-state index is 12.8. The Labute approximate surface area is 77.5 Å². The minimum atomic E-state index is -1.01. The summed E-state index contributed by atoms with van der Waals surface area (Å²) in [6, 6.07) is 1.38. The molecule has 0 aliphatic rings. The molecular formula is C7H6FN3O3. The number of anilines is 1. The molecule has 0 saturated carbocycles. The number of carbonyl (C=O) groups excluding carboxylic acids is 1. The van der Waals surface area contributed by atoms with Crippen molar-refractivity contribution in [1.82, 2.24) is 0 Å². The van der Waals surface area contributed by atoms with Crippen molar-refractivity contribution in [3.05, 3.63) is 33.6 Å². The Kier molecular flexibility index (Phi) is 2.32. The van der Waals surface area contributed by atoms with Crippen LogP contribution >= 0.6 is 0 Å². The molecule has 74 valence electrons. The molecular weight excluding hydrogens is 193 g/mol. The number of nitrogen functional groups attached to an aromatic ring is 1. The molecule has 0 aromatic heterocycles. The number of nitro groups is 1. The number of nitro benzene ring substituents is 1. The number of nitrogens with zero attached hydrogens (tertiary/aromatic N) is 1. The zero-order valence-electron chi connectivity index (χ0n) is 6.86. The Balaban J connectivity index is 3.47. The third-order valence-corrected chi connectivity index (χ3v) is 1.59. The second-order valence-corrected chi connectivity index (χ2v) is 2.51. The zero-order chi connectivity index (χ0) is 10.9. The topological polar surface area (TPSA) is 112 Å².